The molecule has 0 aliphatic heterocycles. The first kappa shape index (κ1) is 15.1. The Bertz CT molecular complexity index is 456. The van der Waals surface area contributed by atoms with Gasteiger partial charge in [0.05, 0.1) is 6.10 Å². The molecule has 0 amide bonds. The third-order valence-electron chi connectivity index (χ3n) is 2.19. The van der Waals surface area contributed by atoms with E-state index in [1.54, 1.807) is 18.4 Å². The number of sulfonamides is 1. The summed E-state index contributed by atoms with van der Waals surface area (Å²) in [7, 11) is -3.44. The van der Waals surface area contributed by atoms with Crippen LogP contribution in [-0.2, 0) is 10.0 Å². The molecule has 1 rings (SSSR count). The van der Waals surface area contributed by atoms with Crippen molar-refractivity contribution in [2.45, 2.75) is 30.6 Å². The van der Waals surface area contributed by atoms with Crippen molar-refractivity contribution in [1.82, 2.24) is 4.72 Å². The van der Waals surface area contributed by atoms with Crippen molar-refractivity contribution < 1.29 is 13.5 Å². The molecule has 0 aliphatic carbocycles. The molecule has 0 aliphatic rings. The molecule has 1 aromatic rings. The Hall–Kier alpha value is 0.0500. The highest BCUT2D eigenvalue weighted by Gasteiger charge is 2.19. The van der Waals surface area contributed by atoms with Gasteiger partial charge >= 0.3 is 0 Å². The fourth-order valence-electron chi connectivity index (χ4n) is 1.45. The van der Waals surface area contributed by atoms with E-state index in [0.29, 0.717) is 21.6 Å². The van der Waals surface area contributed by atoms with E-state index >= 15 is 0 Å². The first-order valence-corrected chi connectivity index (χ1v) is 8.39. The molecule has 0 saturated carbocycles. The van der Waals surface area contributed by atoms with Crippen LogP contribution in [0, 0.1) is 5.92 Å². The normalized spacial score (nSPS) is 15.8. The highest BCUT2D eigenvalue weighted by molar-refractivity contribution is 9.10. The molecule has 1 aromatic heterocycles. The van der Waals surface area contributed by atoms with Gasteiger partial charge in [-0.25, -0.2) is 13.1 Å². The molecule has 0 spiro atoms. The van der Waals surface area contributed by atoms with Crippen molar-refractivity contribution in [1.29, 1.82) is 0 Å². The lowest BCUT2D eigenvalue weighted by Gasteiger charge is -2.14. The van der Waals surface area contributed by atoms with Gasteiger partial charge in [0.25, 0.3) is 10.0 Å². The summed E-state index contributed by atoms with van der Waals surface area (Å²) in [6.07, 6.45) is 0.164. The molecule has 4 nitrogen and oxygen atoms in total. The van der Waals surface area contributed by atoms with Gasteiger partial charge in [-0.2, -0.15) is 0 Å². The summed E-state index contributed by atoms with van der Waals surface area (Å²) in [4.78, 5) is 0. The Morgan fingerprint density at radius 2 is 2.18 bits per heavy atom. The smallest absolute Gasteiger partial charge is 0.251 e. The highest BCUT2D eigenvalue weighted by atomic mass is 79.9. The summed E-state index contributed by atoms with van der Waals surface area (Å²) in [5.41, 5.74) is 0. The molecule has 1 heterocycles. The van der Waals surface area contributed by atoms with Gasteiger partial charge in [-0.05, 0) is 46.6 Å². The van der Waals surface area contributed by atoms with Gasteiger partial charge in [0.1, 0.15) is 4.21 Å². The maximum absolute atomic E-state index is 11.9. The summed E-state index contributed by atoms with van der Waals surface area (Å²) in [6.45, 7) is 3.93. The van der Waals surface area contributed by atoms with Crippen molar-refractivity contribution in [3.8, 4) is 0 Å². The number of hydrogen-bond acceptors (Lipinski definition) is 4. The summed E-state index contributed by atoms with van der Waals surface area (Å²) in [5, 5.41) is 10.9. The van der Waals surface area contributed by atoms with Crippen molar-refractivity contribution in [2.24, 2.45) is 5.92 Å². The summed E-state index contributed by atoms with van der Waals surface area (Å²) >= 11 is 4.38. The maximum Gasteiger partial charge on any atom is 0.251 e. The van der Waals surface area contributed by atoms with Gasteiger partial charge < -0.3 is 5.11 Å². The van der Waals surface area contributed by atoms with Gasteiger partial charge in [-0.1, -0.05) is 6.92 Å². The van der Waals surface area contributed by atoms with E-state index in [9.17, 15) is 13.5 Å². The number of halogens is 1. The van der Waals surface area contributed by atoms with E-state index in [-0.39, 0.29) is 5.92 Å². The zero-order valence-corrected chi connectivity index (χ0v) is 12.9. The Labute approximate surface area is 114 Å². The number of nitrogens with one attached hydrogen (secondary N) is 1. The Morgan fingerprint density at radius 1 is 1.53 bits per heavy atom. The Balaban J connectivity index is 2.60. The fourth-order valence-corrected chi connectivity index (χ4v) is 5.00. The number of hydrogen-bond donors (Lipinski definition) is 2. The van der Waals surface area contributed by atoms with Crippen LogP contribution < -0.4 is 4.72 Å². The highest BCUT2D eigenvalue weighted by Crippen LogP contribution is 2.27. The topological polar surface area (TPSA) is 66.4 Å². The van der Waals surface area contributed by atoms with Gasteiger partial charge in [-0.3, -0.25) is 0 Å². The van der Waals surface area contributed by atoms with Crippen LogP contribution in [0.15, 0.2) is 20.1 Å². The average molecular weight is 342 g/mol. The molecule has 0 saturated heterocycles. The SMILES string of the molecule is CC(O)CC(C)CNS(=O)(=O)c1sccc1Br. The molecule has 2 N–H and O–H groups in total. The van der Waals surface area contributed by atoms with Gasteiger partial charge in [0, 0.05) is 11.0 Å². The summed E-state index contributed by atoms with van der Waals surface area (Å²) in [6, 6.07) is 1.71. The van der Waals surface area contributed by atoms with E-state index in [4.69, 9.17) is 0 Å². The monoisotopic (exact) mass is 341 g/mol. The predicted octanol–water partition coefficient (Wildman–Crippen LogP) is 2.20. The lowest BCUT2D eigenvalue weighted by atomic mass is 10.1. The molecule has 2 unspecified atom stereocenters. The third kappa shape index (κ3) is 4.67. The zero-order chi connectivity index (χ0) is 13.1. The molecule has 2 atom stereocenters. The molecule has 0 bridgehead atoms. The molecule has 98 valence electrons. The predicted molar refractivity (Wildman–Crippen MR) is 72.7 cm³/mol. The first-order chi connectivity index (χ1) is 7.83. The molecular weight excluding hydrogens is 326 g/mol. The van der Waals surface area contributed by atoms with Crippen LogP contribution in [0.4, 0.5) is 0 Å². The minimum Gasteiger partial charge on any atom is -0.393 e. The van der Waals surface area contributed by atoms with Crippen LogP contribution in [0.5, 0.6) is 0 Å². The van der Waals surface area contributed by atoms with Gasteiger partial charge in [0.15, 0.2) is 0 Å². The quantitative estimate of drug-likeness (QED) is 0.833. The second kappa shape index (κ2) is 6.29. The lowest BCUT2D eigenvalue weighted by Crippen LogP contribution is -2.29. The van der Waals surface area contributed by atoms with Crippen LogP contribution in [0.1, 0.15) is 20.3 Å². The van der Waals surface area contributed by atoms with E-state index in [2.05, 4.69) is 20.7 Å². The first-order valence-electron chi connectivity index (χ1n) is 5.23. The van der Waals surface area contributed by atoms with E-state index in [1.165, 1.54) is 11.3 Å². The van der Waals surface area contributed by atoms with Crippen molar-refractivity contribution in [3.63, 3.8) is 0 Å². The second-order valence-electron chi connectivity index (χ2n) is 4.10. The molecule has 0 aromatic carbocycles. The minimum absolute atomic E-state index is 0.100. The lowest BCUT2D eigenvalue weighted by molar-refractivity contribution is 0.165. The van der Waals surface area contributed by atoms with Crippen molar-refractivity contribution in [2.75, 3.05) is 6.54 Å². The van der Waals surface area contributed by atoms with E-state index < -0.39 is 16.1 Å². The molecular formula is C10H16BrNO3S2. The standard InChI is InChI=1S/C10H16BrNO3S2/c1-7(5-8(2)13)6-12-17(14,15)10-9(11)3-4-16-10/h3-4,7-8,12-13H,5-6H2,1-2H3. The molecule has 0 radical (unpaired) electrons. The minimum atomic E-state index is -3.44. The van der Waals surface area contributed by atoms with Crippen LogP contribution in [-0.4, -0.2) is 26.2 Å². The number of thiophene rings is 1. The third-order valence-corrected chi connectivity index (χ3v) is 6.29. The van der Waals surface area contributed by atoms with Crippen molar-refractivity contribution >= 4 is 37.3 Å². The van der Waals surface area contributed by atoms with Gasteiger partial charge in [-0.15, -0.1) is 11.3 Å². The Morgan fingerprint density at radius 3 is 2.65 bits per heavy atom. The van der Waals surface area contributed by atoms with E-state index in [1.807, 2.05) is 6.92 Å². The fraction of sp³-hybridized carbons (Fsp3) is 0.600. The average Bonchev–Trinajstić information content (AvgIpc) is 2.61. The molecule has 17 heavy (non-hydrogen) atoms. The summed E-state index contributed by atoms with van der Waals surface area (Å²) < 4.78 is 27.2. The molecule has 0 fully saturated rings. The number of aliphatic hydroxyl groups excluding tert-OH is 1. The van der Waals surface area contributed by atoms with Crippen LogP contribution in [0.25, 0.3) is 0 Å². The zero-order valence-electron chi connectivity index (χ0n) is 9.68. The van der Waals surface area contributed by atoms with Crippen LogP contribution in [0.3, 0.4) is 0 Å². The number of rotatable bonds is 6. The van der Waals surface area contributed by atoms with E-state index in [0.717, 1.165) is 0 Å². The van der Waals surface area contributed by atoms with Crippen molar-refractivity contribution in [3.05, 3.63) is 15.9 Å². The van der Waals surface area contributed by atoms with Crippen LogP contribution in [0.2, 0.25) is 0 Å². The largest absolute Gasteiger partial charge is 0.393 e. The second-order valence-corrected chi connectivity index (χ2v) is 7.83. The maximum atomic E-state index is 11.9. The van der Waals surface area contributed by atoms with Crippen LogP contribution >= 0.6 is 27.3 Å². The molecule has 7 heteroatoms. The Kier molecular flexibility index (Phi) is 5.59. The number of aliphatic hydroxyl groups is 1. The van der Waals surface area contributed by atoms with Gasteiger partial charge in [0.2, 0.25) is 0 Å². The summed E-state index contributed by atoms with van der Waals surface area (Å²) in [5.74, 6) is 0.100.